The van der Waals surface area contributed by atoms with Crippen LogP contribution in [0.5, 0.6) is 0 Å². The number of amides is 2. The van der Waals surface area contributed by atoms with E-state index in [0.29, 0.717) is 45.7 Å². The lowest BCUT2D eigenvalue weighted by Gasteiger charge is -2.34. The monoisotopic (exact) mass is 361 g/mol. The lowest BCUT2D eigenvalue weighted by atomic mass is 9.81. The summed E-state index contributed by atoms with van der Waals surface area (Å²) in [5.41, 5.74) is 0. The predicted octanol–water partition coefficient (Wildman–Crippen LogP) is 0.476. The van der Waals surface area contributed by atoms with Crippen molar-refractivity contribution in [3.05, 3.63) is 24.3 Å². The Bertz CT molecular complexity index is 666. The summed E-state index contributed by atoms with van der Waals surface area (Å²) in [7, 11) is 1.89. The van der Waals surface area contributed by atoms with E-state index in [4.69, 9.17) is 4.74 Å². The van der Waals surface area contributed by atoms with Crippen LogP contribution in [0.3, 0.4) is 0 Å². The van der Waals surface area contributed by atoms with Gasteiger partial charge in [0.1, 0.15) is 12.2 Å². The summed E-state index contributed by atoms with van der Waals surface area (Å²) >= 11 is 0. The molecule has 0 saturated carbocycles. The summed E-state index contributed by atoms with van der Waals surface area (Å²) in [5.74, 6) is 0.285. The van der Waals surface area contributed by atoms with Gasteiger partial charge in [-0.25, -0.2) is 0 Å². The van der Waals surface area contributed by atoms with Crippen LogP contribution in [0.25, 0.3) is 0 Å². The van der Waals surface area contributed by atoms with Crippen LogP contribution in [0.1, 0.15) is 31.5 Å². The lowest BCUT2D eigenvalue weighted by molar-refractivity contribution is -0.145. The molecule has 2 aliphatic rings. The molecular weight excluding hydrogens is 334 g/mol. The second-order valence-electron chi connectivity index (χ2n) is 7.04. The Morgan fingerprint density at radius 3 is 2.62 bits per heavy atom. The summed E-state index contributed by atoms with van der Waals surface area (Å²) in [6.07, 6.45) is 6.88. The molecule has 2 amide bonds. The first kappa shape index (κ1) is 18.6. The van der Waals surface area contributed by atoms with E-state index in [0.717, 1.165) is 5.82 Å². The molecule has 8 heteroatoms. The highest BCUT2D eigenvalue weighted by atomic mass is 16.5. The number of nitrogens with zero attached hydrogens (tertiary/aromatic N) is 4. The average molecular weight is 361 g/mol. The van der Waals surface area contributed by atoms with Crippen molar-refractivity contribution < 1.29 is 14.3 Å². The topological polar surface area (TPSA) is 89.3 Å². The van der Waals surface area contributed by atoms with E-state index in [2.05, 4.69) is 15.5 Å². The average Bonchev–Trinajstić information content (AvgIpc) is 3.12. The number of hydrogen-bond acceptors (Lipinski definition) is 5. The summed E-state index contributed by atoms with van der Waals surface area (Å²) in [6.45, 7) is 4.83. The zero-order valence-electron chi connectivity index (χ0n) is 15.4. The minimum Gasteiger partial charge on any atom is -0.378 e. The predicted molar refractivity (Wildman–Crippen MR) is 95.2 cm³/mol. The minimum absolute atomic E-state index is 0.0546. The van der Waals surface area contributed by atoms with Gasteiger partial charge in [-0.2, -0.15) is 0 Å². The number of aryl methyl sites for hydroxylation is 1. The molecule has 1 aromatic heterocycles. The van der Waals surface area contributed by atoms with Crippen molar-refractivity contribution in [1.29, 1.82) is 0 Å². The van der Waals surface area contributed by atoms with Crippen LogP contribution >= 0.6 is 0 Å². The first-order chi connectivity index (χ1) is 12.6. The van der Waals surface area contributed by atoms with Crippen LogP contribution in [0.15, 0.2) is 18.5 Å². The molecule has 3 atom stereocenters. The van der Waals surface area contributed by atoms with Crippen LogP contribution in [0, 0.1) is 11.8 Å². The van der Waals surface area contributed by atoms with Crippen molar-refractivity contribution in [3.8, 4) is 0 Å². The van der Waals surface area contributed by atoms with Gasteiger partial charge < -0.3 is 19.5 Å². The van der Waals surface area contributed by atoms with Gasteiger partial charge in [0.25, 0.3) is 0 Å². The third kappa shape index (κ3) is 4.12. The molecule has 1 fully saturated rings. The molecule has 0 radical (unpaired) electrons. The van der Waals surface area contributed by atoms with Gasteiger partial charge in [0.15, 0.2) is 0 Å². The molecule has 8 nitrogen and oxygen atoms in total. The molecule has 1 N–H and O–H groups in total. The van der Waals surface area contributed by atoms with E-state index in [1.165, 1.54) is 0 Å². The molecular formula is C18H27N5O3. The maximum absolute atomic E-state index is 12.9. The molecule has 0 spiro atoms. The maximum Gasteiger partial charge on any atom is 0.226 e. The fraction of sp³-hybridized carbons (Fsp3) is 0.667. The second kappa shape index (κ2) is 8.44. The van der Waals surface area contributed by atoms with Gasteiger partial charge in [0.05, 0.1) is 25.0 Å². The molecule has 0 bridgehead atoms. The minimum atomic E-state index is -0.318. The highest BCUT2D eigenvalue weighted by molar-refractivity contribution is 5.88. The second-order valence-corrected chi connectivity index (χ2v) is 7.04. The van der Waals surface area contributed by atoms with E-state index in [-0.39, 0.29) is 29.6 Å². The van der Waals surface area contributed by atoms with Crippen LogP contribution in [0.2, 0.25) is 0 Å². The number of morpholine rings is 1. The zero-order valence-corrected chi connectivity index (χ0v) is 15.4. The zero-order chi connectivity index (χ0) is 18.5. The number of ether oxygens (including phenoxy) is 1. The number of carbonyl (C=O) groups is 2. The first-order valence-electron chi connectivity index (χ1n) is 9.21. The van der Waals surface area contributed by atoms with Crippen LogP contribution in [0.4, 0.5) is 0 Å². The third-order valence-electron chi connectivity index (χ3n) is 5.18. The van der Waals surface area contributed by atoms with Gasteiger partial charge in [-0.1, -0.05) is 19.1 Å². The molecule has 26 heavy (non-hydrogen) atoms. The Kier molecular flexibility index (Phi) is 6.03. The van der Waals surface area contributed by atoms with Crippen molar-refractivity contribution in [2.24, 2.45) is 18.9 Å². The standard InChI is InChI=1S/C18H27N5O3/c1-13(16-21-20-12-22(16)2)11-19-17(24)14-5-3-4-6-15(14)18(25)23-7-9-26-10-8-23/h3-4,12-15H,5-11H2,1-2H3,(H,19,24). The summed E-state index contributed by atoms with van der Waals surface area (Å²) in [5, 5.41) is 11.0. The van der Waals surface area contributed by atoms with Crippen molar-refractivity contribution in [2.45, 2.75) is 25.7 Å². The molecule has 3 unspecified atom stereocenters. The van der Waals surface area contributed by atoms with Gasteiger partial charge in [0.2, 0.25) is 11.8 Å². The van der Waals surface area contributed by atoms with E-state index in [9.17, 15) is 9.59 Å². The van der Waals surface area contributed by atoms with Crippen molar-refractivity contribution in [1.82, 2.24) is 25.0 Å². The normalized spacial score (nSPS) is 24.3. The fourth-order valence-corrected chi connectivity index (χ4v) is 3.61. The molecule has 1 aliphatic heterocycles. The number of rotatable bonds is 5. The van der Waals surface area contributed by atoms with E-state index in [1.54, 1.807) is 6.33 Å². The van der Waals surface area contributed by atoms with E-state index < -0.39 is 0 Å². The quantitative estimate of drug-likeness (QED) is 0.771. The maximum atomic E-state index is 12.9. The van der Waals surface area contributed by atoms with Crippen LogP contribution in [-0.2, 0) is 21.4 Å². The van der Waals surface area contributed by atoms with Crippen molar-refractivity contribution >= 4 is 11.8 Å². The van der Waals surface area contributed by atoms with Gasteiger partial charge in [-0.15, -0.1) is 10.2 Å². The number of carbonyl (C=O) groups excluding carboxylic acids is 2. The highest BCUT2D eigenvalue weighted by Crippen LogP contribution is 2.28. The van der Waals surface area contributed by atoms with Crippen LogP contribution < -0.4 is 5.32 Å². The molecule has 3 rings (SSSR count). The third-order valence-corrected chi connectivity index (χ3v) is 5.18. The van der Waals surface area contributed by atoms with Gasteiger partial charge in [-0.3, -0.25) is 9.59 Å². The van der Waals surface area contributed by atoms with Gasteiger partial charge in [0, 0.05) is 32.6 Å². The fourth-order valence-electron chi connectivity index (χ4n) is 3.61. The molecule has 0 aromatic carbocycles. The lowest BCUT2D eigenvalue weighted by Crippen LogP contribution is -2.48. The molecule has 1 saturated heterocycles. The Hall–Kier alpha value is -2.22. The molecule has 1 aromatic rings. The molecule has 1 aliphatic carbocycles. The van der Waals surface area contributed by atoms with Crippen LogP contribution in [-0.4, -0.2) is 64.3 Å². The summed E-state index contributed by atoms with van der Waals surface area (Å²) in [6, 6.07) is 0. The number of nitrogens with one attached hydrogen (secondary N) is 1. The van der Waals surface area contributed by atoms with E-state index in [1.807, 2.05) is 35.6 Å². The number of aromatic nitrogens is 3. The molecule has 142 valence electrons. The van der Waals surface area contributed by atoms with Gasteiger partial charge in [-0.05, 0) is 12.8 Å². The van der Waals surface area contributed by atoms with Crippen molar-refractivity contribution in [2.75, 3.05) is 32.8 Å². The highest BCUT2D eigenvalue weighted by Gasteiger charge is 2.36. The SMILES string of the molecule is CC(CNC(=O)C1CC=CCC1C(=O)N1CCOCC1)c1nncn1C. The summed E-state index contributed by atoms with van der Waals surface area (Å²) in [4.78, 5) is 27.5. The van der Waals surface area contributed by atoms with Gasteiger partial charge >= 0.3 is 0 Å². The van der Waals surface area contributed by atoms with E-state index >= 15 is 0 Å². The Morgan fingerprint density at radius 2 is 1.96 bits per heavy atom. The Labute approximate surface area is 153 Å². The first-order valence-corrected chi connectivity index (χ1v) is 9.21. The number of hydrogen-bond donors (Lipinski definition) is 1. The Morgan fingerprint density at radius 1 is 1.27 bits per heavy atom. The summed E-state index contributed by atoms with van der Waals surface area (Å²) < 4.78 is 7.17. The smallest absolute Gasteiger partial charge is 0.226 e. The Balaban J connectivity index is 1.60. The number of allylic oxidation sites excluding steroid dienone is 2. The van der Waals surface area contributed by atoms with Crippen molar-refractivity contribution in [3.63, 3.8) is 0 Å². The largest absolute Gasteiger partial charge is 0.378 e. The molecule has 2 heterocycles.